The quantitative estimate of drug-likeness (QED) is 0.572. The molecule has 0 heterocycles. The second kappa shape index (κ2) is 7.19. The first-order chi connectivity index (χ1) is 7.77. The van der Waals surface area contributed by atoms with Crippen LogP contribution in [0.5, 0.6) is 5.75 Å². The molecule has 0 aliphatic heterocycles. The van der Waals surface area contributed by atoms with Crippen LogP contribution in [0.4, 0.5) is 4.39 Å². The first-order valence-corrected chi connectivity index (χ1v) is 5.38. The van der Waals surface area contributed by atoms with E-state index in [0.717, 1.165) is 18.5 Å². The molecule has 16 heavy (non-hydrogen) atoms. The third-order valence-corrected chi connectivity index (χ3v) is 2.08. The van der Waals surface area contributed by atoms with Crippen LogP contribution in [-0.2, 0) is 11.3 Å². The van der Waals surface area contributed by atoms with Crippen LogP contribution in [0.1, 0.15) is 18.9 Å². The molecular weight excluding hydrogens is 209 g/mol. The van der Waals surface area contributed by atoms with Gasteiger partial charge in [0.15, 0.2) is 18.4 Å². The average molecular weight is 227 g/mol. The summed E-state index contributed by atoms with van der Waals surface area (Å²) in [6, 6.07) is 4.95. The molecule has 0 unspecified atom stereocenters. The number of hydrogen-bond acceptors (Lipinski definition) is 3. The minimum absolute atomic E-state index is 0.0599. The lowest BCUT2D eigenvalue weighted by atomic mass is 10.2. The van der Waals surface area contributed by atoms with E-state index in [2.05, 4.69) is 12.2 Å². The number of nitrogens with one attached hydrogen (secondary N) is 1. The number of benzene rings is 1. The minimum atomic E-state index is -0.354. The summed E-state index contributed by atoms with van der Waals surface area (Å²) in [6.45, 7) is 3.76. The van der Waals surface area contributed by atoms with E-state index in [0.29, 0.717) is 6.54 Å². The van der Waals surface area contributed by atoms with E-state index in [1.165, 1.54) is 13.2 Å². The van der Waals surface area contributed by atoms with Crippen molar-refractivity contribution in [1.29, 1.82) is 0 Å². The lowest BCUT2D eigenvalue weighted by Crippen LogP contribution is -2.14. The smallest absolute Gasteiger partial charge is 0.188 e. The van der Waals surface area contributed by atoms with Crippen molar-refractivity contribution >= 4 is 0 Å². The van der Waals surface area contributed by atoms with E-state index < -0.39 is 0 Å². The number of rotatable bonds is 7. The number of methoxy groups -OCH3 is 1. The average Bonchev–Trinajstić information content (AvgIpc) is 2.28. The van der Waals surface area contributed by atoms with Crippen molar-refractivity contribution in [1.82, 2.24) is 5.32 Å². The molecule has 1 aromatic carbocycles. The van der Waals surface area contributed by atoms with Crippen LogP contribution in [0.3, 0.4) is 0 Å². The summed E-state index contributed by atoms with van der Waals surface area (Å²) in [6.07, 6.45) is 1.07. The van der Waals surface area contributed by atoms with Crippen molar-refractivity contribution in [2.24, 2.45) is 0 Å². The van der Waals surface area contributed by atoms with Crippen LogP contribution in [0, 0.1) is 5.82 Å². The SMILES string of the molecule is CCCNCc1ccc(OCOC)c(F)c1. The maximum absolute atomic E-state index is 13.5. The molecule has 0 spiro atoms. The van der Waals surface area contributed by atoms with Gasteiger partial charge in [-0.25, -0.2) is 4.39 Å². The zero-order valence-electron chi connectivity index (χ0n) is 9.75. The summed E-state index contributed by atoms with van der Waals surface area (Å²) < 4.78 is 23.2. The topological polar surface area (TPSA) is 30.5 Å². The van der Waals surface area contributed by atoms with Crippen molar-refractivity contribution in [3.8, 4) is 5.75 Å². The van der Waals surface area contributed by atoms with Gasteiger partial charge in [0.25, 0.3) is 0 Å². The Morgan fingerprint density at radius 3 is 2.81 bits per heavy atom. The van der Waals surface area contributed by atoms with Crippen molar-refractivity contribution in [3.63, 3.8) is 0 Å². The standard InChI is InChI=1S/C12H18FNO2/c1-3-6-14-8-10-4-5-12(11(13)7-10)16-9-15-2/h4-5,7,14H,3,6,8-9H2,1-2H3. The van der Waals surface area contributed by atoms with E-state index in [9.17, 15) is 4.39 Å². The van der Waals surface area contributed by atoms with Gasteiger partial charge in [-0.3, -0.25) is 0 Å². The molecule has 0 atom stereocenters. The predicted octanol–water partition coefficient (Wildman–Crippen LogP) is 2.31. The predicted molar refractivity (Wildman–Crippen MR) is 60.9 cm³/mol. The van der Waals surface area contributed by atoms with E-state index in [4.69, 9.17) is 9.47 Å². The fraction of sp³-hybridized carbons (Fsp3) is 0.500. The Balaban J connectivity index is 2.53. The molecule has 1 N–H and O–H groups in total. The van der Waals surface area contributed by atoms with E-state index in [1.807, 2.05) is 6.07 Å². The summed E-state index contributed by atoms with van der Waals surface area (Å²) >= 11 is 0. The van der Waals surface area contributed by atoms with Gasteiger partial charge in [-0.15, -0.1) is 0 Å². The van der Waals surface area contributed by atoms with E-state index in [1.54, 1.807) is 6.07 Å². The molecule has 0 radical (unpaired) electrons. The highest BCUT2D eigenvalue weighted by Gasteiger charge is 2.04. The first kappa shape index (κ1) is 12.9. The number of hydrogen-bond donors (Lipinski definition) is 1. The van der Waals surface area contributed by atoms with Crippen LogP contribution in [-0.4, -0.2) is 20.4 Å². The van der Waals surface area contributed by atoms with E-state index >= 15 is 0 Å². The maximum atomic E-state index is 13.5. The van der Waals surface area contributed by atoms with Crippen LogP contribution in [0.25, 0.3) is 0 Å². The van der Waals surface area contributed by atoms with Crippen LogP contribution in [0.15, 0.2) is 18.2 Å². The Morgan fingerprint density at radius 1 is 1.38 bits per heavy atom. The lowest BCUT2D eigenvalue weighted by Gasteiger charge is -2.08. The van der Waals surface area contributed by atoms with Gasteiger partial charge in [-0.2, -0.15) is 0 Å². The summed E-state index contributed by atoms with van der Waals surface area (Å²) in [7, 11) is 1.50. The molecule has 4 heteroatoms. The minimum Gasteiger partial charge on any atom is -0.464 e. The zero-order chi connectivity index (χ0) is 11.8. The van der Waals surface area contributed by atoms with E-state index in [-0.39, 0.29) is 18.4 Å². The van der Waals surface area contributed by atoms with Gasteiger partial charge in [0.05, 0.1) is 0 Å². The molecule has 0 fully saturated rings. The maximum Gasteiger partial charge on any atom is 0.188 e. The third-order valence-electron chi connectivity index (χ3n) is 2.08. The summed E-state index contributed by atoms with van der Waals surface area (Å²) in [4.78, 5) is 0. The Kier molecular flexibility index (Phi) is 5.82. The second-order valence-electron chi connectivity index (χ2n) is 3.49. The molecule has 0 amide bonds. The molecule has 0 aliphatic rings. The molecule has 0 aromatic heterocycles. The third kappa shape index (κ3) is 4.16. The Labute approximate surface area is 95.6 Å². The zero-order valence-corrected chi connectivity index (χ0v) is 9.75. The largest absolute Gasteiger partial charge is 0.464 e. The van der Waals surface area contributed by atoms with Gasteiger partial charge >= 0.3 is 0 Å². The highest BCUT2D eigenvalue weighted by Crippen LogP contribution is 2.18. The molecule has 0 saturated heterocycles. The Hall–Kier alpha value is -1.13. The van der Waals surface area contributed by atoms with Crippen LogP contribution < -0.4 is 10.1 Å². The van der Waals surface area contributed by atoms with Crippen molar-refractivity contribution in [2.45, 2.75) is 19.9 Å². The summed E-state index contributed by atoms with van der Waals surface area (Å²) in [5, 5.41) is 3.21. The normalized spacial score (nSPS) is 10.4. The van der Waals surface area contributed by atoms with Gasteiger partial charge < -0.3 is 14.8 Å². The Bertz CT molecular complexity index is 318. The highest BCUT2D eigenvalue weighted by atomic mass is 19.1. The number of ether oxygens (including phenoxy) is 2. The van der Waals surface area contributed by atoms with Crippen molar-refractivity contribution in [2.75, 3.05) is 20.4 Å². The fourth-order valence-corrected chi connectivity index (χ4v) is 1.30. The molecular formula is C12H18FNO2. The van der Waals surface area contributed by atoms with Crippen LogP contribution >= 0.6 is 0 Å². The van der Waals surface area contributed by atoms with Gasteiger partial charge in [0.1, 0.15) is 0 Å². The molecule has 90 valence electrons. The molecule has 3 nitrogen and oxygen atoms in total. The van der Waals surface area contributed by atoms with Gasteiger partial charge in [0.2, 0.25) is 0 Å². The molecule has 0 aliphatic carbocycles. The van der Waals surface area contributed by atoms with Crippen molar-refractivity contribution in [3.05, 3.63) is 29.6 Å². The highest BCUT2D eigenvalue weighted by molar-refractivity contribution is 5.29. The van der Waals surface area contributed by atoms with Gasteiger partial charge in [0, 0.05) is 13.7 Å². The van der Waals surface area contributed by atoms with Crippen LogP contribution in [0.2, 0.25) is 0 Å². The van der Waals surface area contributed by atoms with Crippen molar-refractivity contribution < 1.29 is 13.9 Å². The molecule has 0 bridgehead atoms. The first-order valence-electron chi connectivity index (χ1n) is 5.38. The lowest BCUT2D eigenvalue weighted by molar-refractivity contribution is 0.0483. The van der Waals surface area contributed by atoms with Gasteiger partial charge in [-0.05, 0) is 30.7 Å². The summed E-state index contributed by atoms with van der Waals surface area (Å²) in [5.41, 5.74) is 0.913. The molecule has 1 rings (SSSR count). The summed E-state index contributed by atoms with van der Waals surface area (Å²) in [5.74, 6) is -0.131. The molecule has 1 aromatic rings. The Morgan fingerprint density at radius 2 is 2.19 bits per heavy atom. The monoisotopic (exact) mass is 227 g/mol. The number of halogens is 1. The fourth-order valence-electron chi connectivity index (χ4n) is 1.30. The second-order valence-corrected chi connectivity index (χ2v) is 3.49. The molecule has 0 saturated carbocycles. The van der Waals surface area contributed by atoms with Gasteiger partial charge in [-0.1, -0.05) is 13.0 Å².